The van der Waals surface area contributed by atoms with Gasteiger partial charge >= 0.3 is 6.09 Å². The van der Waals surface area contributed by atoms with Crippen LogP contribution in [0.2, 0.25) is 0 Å². The summed E-state index contributed by atoms with van der Waals surface area (Å²) in [5, 5.41) is 5.78. The standard InChI is InChI=1S/C12H17N3O3/c1-12(2,3)18-11(16)15-9-7-13-6-8-10(9)17-5-4-14-8/h6-7,14H,4-5H2,1-3H3,(H,15,16). The van der Waals surface area contributed by atoms with Crippen LogP contribution in [-0.4, -0.2) is 29.8 Å². The maximum atomic E-state index is 11.7. The Morgan fingerprint density at radius 3 is 3.00 bits per heavy atom. The predicted molar refractivity (Wildman–Crippen MR) is 68.1 cm³/mol. The average molecular weight is 251 g/mol. The molecule has 1 amide bonds. The Morgan fingerprint density at radius 1 is 1.50 bits per heavy atom. The summed E-state index contributed by atoms with van der Waals surface area (Å²) in [6.07, 6.45) is 2.68. The quantitative estimate of drug-likeness (QED) is 0.800. The maximum absolute atomic E-state index is 11.7. The number of fused-ring (bicyclic) bond motifs is 1. The van der Waals surface area contributed by atoms with Crippen LogP contribution in [0.25, 0.3) is 0 Å². The first-order valence-corrected chi connectivity index (χ1v) is 5.80. The molecule has 2 heterocycles. The highest BCUT2D eigenvalue weighted by molar-refractivity contribution is 5.88. The largest absolute Gasteiger partial charge is 0.487 e. The molecular weight excluding hydrogens is 234 g/mol. The van der Waals surface area contributed by atoms with Gasteiger partial charge in [-0.2, -0.15) is 0 Å². The van der Waals surface area contributed by atoms with Crippen LogP contribution >= 0.6 is 0 Å². The summed E-state index contributed by atoms with van der Waals surface area (Å²) in [6, 6.07) is 0. The highest BCUT2D eigenvalue weighted by Gasteiger charge is 2.20. The van der Waals surface area contributed by atoms with Crippen LogP contribution in [0, 0.1) is 0 Å². The van der Waals surface area contributed by atoms with Gasteiger partial charge in [-0.05, 0) is 20.8 Å². The molecule has 0 saturated carbocycles. The fourth-order valence-electron chi connectivity index (χ4n) is 1.57. The Balaban J connectivity index is 2.12. The van der Waals surface area contributed by atoms with Crippen molar-refractivity contribution in [1.82, 2.24) is 4.98 Å². The molecule has 0 spiro atoms. The normalized spacial score (nSPS) is 13.9. The third-order valence-corrected chi connectivity index (χ3v) is 2.20. The van der Waals surface area contributed by atoms with Gasteiger partial charge in [0.2, 0.25) is 0 Å². The fourth-order valence-corrected chi connectivity index (χ4v) is 1.57. The van der Waals surface area contributed by atoms with Crippen molar-refractivity contribution in [3.05, 3.63) is 12.4 Å². The molecule has 6 nitrogen and oxygen atoms in total. The molecule has 98 valence electrons. The van der Waals surface area contributed by atoms with E-state index in [9.17, 15) is 4.79 Å². The van der Waals surface area contributed by atoms with E-state index >= 15 is 0 Å². The lowest BCUT2D eigenvalue weighted by Gasteiger charge is -2.23. The Bertz CT molecular complexity index is 454. The Kier molecular flexibility index (Phi) is 3.27. The van der Waals surface area contributed by atoms with Crippen molar-refractivity contribution in [2.45, 2.75) is 26.4 Å². The molecule has 0 saturated heterocycles. The number of amides is 1. The van der Waals surface area contributed by atoms with E-state index in [4.69, 9.17) is 9.47 Å². The molecule has 2 N–H and O–H groups in total. The minimum absolute atomic E-state index is 0.508. The second-order valence-corrected chi connectivity index (χ2v) is 4.97. The first-order chi connectivity index (χ1) is 8.46. The van der Waals surface area contributed by atoms with E-state index in [2.05, 4.69) is 15.6 Å². The van der Waals surface area contributed by atoms with E-state index in [0.29, 0.717) is 18.0 Å². The minimum atomic E-state index is -0.536. The van der Waals surface area contributed by atoms with Crippen LogP contribution in [0.1, 0.15) is 20.8 Å². The molecule has 18 heavy (non-hydrogen) atoms. The van der Waals surface area contributed by atoms with Gasteiger partial charge in [-0.25, -0.2) is 4.79 Å². The first-order valence-electron chi connectivity index (χ1n) is 5.80. The number of carbonyl (C=O) groups is 1. The molecule has 0 bridgehead atoms. The van der Waals surface area contributed by atoms with Crippen molar-refractivity contribution in [2.24, 2.45) is 0 Å². The smallest absolute Gasteiger partial charge is 0.412 e. The van der Waals surface area contributed by atoms with Crippen molar-refractivity contribution < 1.29 is 14.3 Å². The van der Waals surface area contributed by atoms with Crippen molar-refractivity contribution in [3.8, 4) is 5.75 Å². The van der Waals surface area contributed by atoms with Crippen LogP contribution in [-0.2, 0) is 4.74 Å². The molecule has 2 rings (SSSR count). The Hall–Kier alpha value is -1.98. The van der Waals surface area contributed by atoms with Crippen LogP contribution in [0.15, 0.2) is 12.4 Å². The number of hydrogen-bond donors (Lipinski definition) is 2. The maximum Gasteiger partial charge on any atom is 0.412 e. The number of ether oxygens (including phenoxy) is 2. The zero-order valence-electron chi connectivity index (χ0n) is 10.7. The second-order valence-electron chi connectivity index (χ2n) is 4.97. The molecule has 6 heteroatoms. The first kappa shape index (κ1) is 12.5. The van der Waals surface area contributed by atoms with E-state index in [1.54, 1.807) is 6.20 Å². The van der Waals surface area contributed by atoms with Crippen LogP contribution in [0.4, 0.5) is 16.2 Å². The number of pyridine rings is 1. The minimum Gasteiger partial charge on any atom is -0.487 e. The third kappa shape index (κ3) is 3.03. The highest BCUT2D eigenvalue weighted by atomic mass is 16.6. The monoisotopic (exact) mass is 251 g/mol. The van der Waals surface area contributed by atoms with Gasteiger partial charge in [0.25, 0.3) is 0 Å². The molecule has 1 aromatic heterocycles. The molecule has 0 aromatic carbocycles. The molecule has 0 aliphatic carbocycles. The van der Waals surface area contributed by atoms with Gasteiger partial charge in [-0.3, -0.25) is 10.3 Å². The number of rotatable bonds is 1. The van der Waals surface area contributed by atoms with Crippen molar-refractivity contribution in [2.75, 3.05) is 23.8 Å². The van der Waals surface area contributed by atoms with E-state index in [0.717, 1.165) is 12.2 Å². The number of nitrogens with zero attached hydrogens (tertiary/aromatic N) is 1. The average Bonchev–Trinajstić information content (AvgIpc) is 2.27. The van der Waals surface area contributed by atoms with Gasteiger partial charge < -0.3 is 14.8 Å². The van der Waals surface area contributed by atoms with E-state index in [1.165, 1.54) is 6.20 Å². The molecular formula is C12H17N3O3. The number of carbonyl (C=O) groups excluding carboxylic acids is 1. The van der Waals surface area contributed by atoms with Gasteiger partial charge in [-0.1, -0.05) is 0 Å². The molecule has 0 unspecified atom stereocenters. The third-order valence-electron chi connectivity index (χ3n) is 2.20. The summed E-state index contributed by atoms with van der Waals surface area (Å²) in [5.74, 6) is 0.599. The molecule has 1 aliphatic rings. The number of anilines is 2. The lowest BCUT2D eigenvalue weighted by atomic mass is 10.2. The molecule has 0 atom stereocenters. The molecule has 0 fully saturated rings. The Morgan fingerprint density at radius 2 is 2.28 bits per heavy atom. The van der Waals surface area contributed by atoms with Crippen LogP contribution in [0.5, 0.6) is 5.75 Å². The van der Waals surface area contributed by atoms with E-state index < -0.39 is 11.7 Å². The van der Waals surface area contributed by atoms with Crippen LogP contribution in [0.3, 0.4) is 0 Å². The summed E-state index contributed by atoms with van der Waals surface area (Å²) < 4.78 is 10.7. The topological polar surface area (TPSA) is 72.5 Å². The van der Waals surface area contributed by atoms with Gasteiger partial charge in [0.15, 0.2) is 5.75 Å². The zero-order valence-corrected chi connectivity index (χ0v) is 10.7. The van der Waals surface area contributed by atoms with E-state index in [-0.39, 0.29) is 0 Å². The molecule has 0 radical (unpaired) electrons. The van der Waals surface area contributed by atoms with Gasteiger partial charge in [0, 0.05) is 6.54 Å². The summed E-state index contributed by atoms with van der Waals surface area (Å²) in [5.41, 5.74) is 0.745. The molecule has 1 aliphatic heterocycles. The summed E-state index contributed by atoms with van der Waals surface area (Å²) in [7, 11) is 0. The summed E-state index contributed by atoms with van der Waals surface area (Å²) in [4.78, 5) is 15.7. The summed E-state index contributed by atoms with van der Waals surface area (Å²) in [6.45, 7) is 6.71. The van der Waals surface area contributed by atoms with Crippen molar-refractivity contribution in [1.29, 1.82) is 0 Å². The van der Waals surface area contributed by atoms with Gasteiger partial charge in [-0.15, -0.1) is 0 Å². The SMILES string of the molecule is CC(C)(C)OC(=O)Nc1cncc2c1OCCN2. The molecule has 1 aromatic rings. The number of hydrogen-bond acceptors (Lipinski definition) is 5. The van der Waals surface area contributed by atoms with Gasteiger partial charge in [0.05, 0.1) is 18.1 Å². The number of aromatic nitrogens is 1. The van der Waals surface area contributed by atoms with Crippen molar-refractivity contribution in [3.63, 3.8) is 0 Å². The summed E-state index contributed by atoms with van der Waals surface area (Å²) >= 11 is 0. The Labute approximate surface area is 106 Å². The van der Waals surface area contributed by atoms with Crippen LogP contribution < -0.4 is 15.4 Å². The fraction of sp³-hybridized carbons (Fsp3) is 0.500. The van der Waals surface area contributed by atoms with Gasteiger partial charge in [0.1, 0.15) is 17.9 Å². The lowest BCUT2D eigenvalue weighted by molar-refractivity contribution is 0.0635. The number of nitrogens with one attached hydrogen (secondary N) is 2. The lowest BCUT2D eigenvalue weighted by Crippen LogP contribution is -2.28. The predicted octanol–water partition coefficient (Wildman–Crippen LogP) is 2.23. The zero-order chi connectivity index (χ0) is 13.2. The van der Waals surface area contributed by atoms with E-state index in [1.807, 2.05) is 20.8 Å². The second kappa shape index (κ2) is 4.72. The van der Waals surface area contributed by atoms with Crippen molar-refractivity contribution >= 4 is 17.5 Å². The highest BCUT2D eigenvalue weighted by Crippen LogP contribution is 2.34.